The first kappa shape index (κ1) is 15.8. The van der Waals surface area contributed by atoms with Crippen LogP contribution in [0.25, 0.3) is 5.65 Å². The SMILES string of the molecule is O=C(Cc1cn2ccccc2n1)N1C[C@H](O)C[C@H]1c1cccc(F)c1. The van der Waals surface area contributed by atoms with E-state index in [1.54, 1.807) is 17.0 Å². The van der Waals surface area contributed by atoms with Crippen LogP contribution in [-0.2, 0) is 11.2 Å². The number of aliphatic hydroxyl groups excluding tert-OH is 1. The number of nitrogens with zero attached hydrogens (tertiary/aromatic N) is 3. The molecule has 1 saturated heterocycles. The molecule has 0 saturated carbocycles. The van der Waals surface area contributed by atoms with Crippen molar-refractivity contribution in [1.29, 1.82) is 0 Å². The average Bonchev–Trinajstić information content (AvgIpc) is 3.17. The second kappa shape index (κ2) is 6.29. The van der Waals surface area contributed by atoms with Crippen molar-refractivity contribution in [1.82, 2.24) is 14.3 Å². The Balaban J connectivity index is 1.57. The van der Waals surface area contributed by atoms with Crippen LogP contribution in [0.1, 0.15) is 23.7 Å². The standard InChI is InChI=1S/C19H18FN3O2/c20-14-5-3-4-13(8-14)17-10-16(24)12-23(17)19(25)9-15-11-22-7-2-1-6-18(22)21-15/h1-8,11,16-17,24H,9-10,12H2/t16-,17+/m1/s1. The Morgan fingerprint density at radius 3 is 2.96 bits per heavy atom. The van der Waals surface area contributed by atoms with E-state index in [-0.39, 0.29) is 30.7 Å². The molecule has 0 radical (unpaired) electrons. The molecular formula is C19H18FN3O2. The molecule has 1 aliphatic heterocycles. The van der Waals surface area contributed by atoms with E-state index in [0.29, 0.717) is 17.7 Å². The summed E-state index contributed by atoms with van der Waals surface area (Å²) in [6, 6.07) is 11.6. The van der Waals surface area contributed by atoms with Crippen LogP contribution < -0.4 is 0 Å². The second-order valence-corrected chi connectivity index (χ2v) is 6.38. The van der Waals surface area contributed by atoms with Gasteiger partial charge in [0.05, 0.1) is 24.3 Å². The number of rotatable bonds is 3. The van der Waals surface area contributed by atoms with Gasteiger partial charge in [-0.25, -0.2) is 9.37 Å². The van der Waals surface area contributed by atoms with Gasteiger partial charge in [0.1, 0.15) is 11.5 Å². The van der Waals surface area contributed by atoms with E-state index in [2.05, 4.69) is 4.98 Å². The largest absolute Gasteiger partial charge is 0.391 e. The number of halogens is 1. The maximum Gasteiger partial charge on any atom is 0.229 e. The van der Waals surface area contributed by atoms with Crippen LogP contribution in [-0.4, -0.2) is 37.9 Å². The number of aromatic nitrogens is 2. The molecule has 0 aliphatic carbocycles. The Morgan fingerprint density at radius 1 is 1.28 bits per heavy atom. The van der Waals surface area contributed by atoms with E-state index in [1.807, 2.05) is 35.0 Å². The first-order valence-corrected chi connectivity index (χ1v) is 8.26. The maximum atomic E-state index is 13.5. The first-order chi connectivity index (χ1) is 12.1. The van der Waals surface area contributed by atoms with E-state index >= 15 is 0 Å². The number of hydrogen-bond donors (Lipinski definition) is 1. The van der Waals surface area contributed by atoms with Gasteiger partial charge in [0, 0.05) is 18.9 Å². The lowest BCUT2D eigenvalue weighted by Crippen LogP contribution is -2.33. The van der Waals surface area contributed by atoms with Crippen LogP contribution in [0, 0.1) is 5.82 Å². The van der Waals surface area contributed by atoms with Gasteiger partial charge >= 0.3 is 0 Å². The maximum absolute atomic E-state index is 13.5. The molecule has 1 fully saturated rings. The van der Waals surface area contributed by atoms with Gasteiger partial charge in [-0.1, -0.05) is 18.2 Å². The van der Waals surface area contributed by atoms with E-state index in [1.165, 1.54) is 12.1 Å². The number of imidazole rings is 1. The minimum absolute atomic E-state index is 0.116. The summed E-state index contributed by atoms with van der Waals surface area (Å²) in [5.74, 6) is -0.458. The van der Waals surface area contributed by atoms with Crippen LogP contribution in [0.3, 0.4) is 0 Å². The molecule has 1 N–H and O–H groups in total. The summed E-state index contributed by atoms with van der Waals surface area (Å²) >= 11 is 0. The third-order valence-corrected chi connectivity index (χ3v) is 4.58. The van der Waals surface area contributed by atoms with E-state index < -0.39 is 6.10 Å². The van der Waals surface area contributed by atoms with Crippen molar-refractivity contribution >= 4 is 11.6 Å². The molecule has 6 heteroatoms. The number of hydrogen-bond acceptors (Lipinski definition) is 3. The monoisotopic (exact) mass is 339 g/mol. The highest BCUT2D eigenvalue weighted by Gasteiger charge is 2.35. The average molecular weight is 339 g/mol. The molecule has 4 rings (SSSR count). The zero-order chi connectivity index (χ0) is 17.4. The normalized spacial score (nSPS) is 20.3. The van der Waals surface area contributed by atoms with Gasteiger partial charge in [0.15, 0.2) is 0 Å². The number of β-amino-alcohol motifs (C(OH)–C–C–N with tert-alkyl or cyclic N) is 1. The van der Waals surface area contributed by atoms with Gasteiger partial charge in [-0.2, -0.15) is 0 Å². The fraction of sp³-hybridized carbons (Fsp3) is 0.263. The summed E-state index contributed by atoms with van der Waals surface area (Å²) in [6.45, 7) is 0.257. The lowest BCUT2D eigenvalue weighted by atomic mass is 10.0. The molecule has 0 spiro atoms. The Kier molecular flexibility index (Phi) is 3.97. The number of amides is 1. The minimum Gasteiger partial charge on any atom is -0.391 e. The topological polar surface area (TPSA) is 57.8 Å². The third kappa shape index (κ3) is 3.13. The number of pyridine rings is 1. The quantitative estimate of drug-likeness (QED) is 0.797. The zero-order valence-electron chi connectivity index (χ0n) is 13.5. The summed E-state index contributed by atoms with van der Waals surface area (Å²) in [7, 11) is 0. The van der Waals surface area contributed by atoms with Gasteiger partial charge < -0.3 is 14.4 Å². The van der Waals surface area contributed by atoms with Crippen LogP contribution in [0.2, 0.25) is 0 Å². The summed E-state index contributed by atoms with van der Waals surface area (Å²) in [6.07, 6.45) is 3.68. The van der Waals surface area contributed by atoms with Gasteiger partial charge in [-0.3, -0.25) is 4.79 Å². The smallest absolute Gasteiger partial charge is 0.229 e. The number of aliphatic hydroxyl groups is 1. The highest BCUT2D eigenvalue weighted by molar-refractivity contribution is 5.79. The molecule has 0 bridgehead atoms. The fourth-order valence-electron chi connectivity index (χ4n) is 3.45. The number of fused-ring (bicyclic) bond motifs is 1. The van der Waals surface area contributed by atoms with Crippen molar-refractivity contribution in [3.63, 3.8) is 0 Å². The van der Waals surface area contributed by atoms with Crippen molar-refractivity contribution in [3.8, 4) is 0 Å². The Bertz CT molecular complexity index is 891. The number of carbonyl (C=O) groups excluding carboxylic acids is 1. The van der Waals surface area contributed by atoms with Gasteiger partial charge in [-0.05, 0) is 36.2 Å². The Morgan fingerprint density at radius 2 is 2.16 bits per heavy atom. The molecule has 1 amide bonds. The van der Waals surface area contributed by atoms with Crippen molar-refractivity contribution < 1.29 is 14.3 Å². The molecule has 25 heavy (non-hydrogen) atoms. The number of benzene rings is 1. The van der Waals surface area contributed by atoms with Gasteiger partial charge in [0.25, 0.3) is 0 Å². The summed E-state index contributed by atoms with van der Waals surface area (Å²) < 4.78 is 15.4. The summed E-state index contributed by atoms with van der Waals surface area (Å²) in [5.41, 5.74) is 2.17. The molecule has 128 valence electrons. The fourth-order valence-corrected chi connectivity index (χ4v) is 3.45. The van der Waals surface area contributed by atoms with Crippen molar-refractivity contribution in [2.45, 2.75) is 25.0 Å². The van der Waals surface area contributed by atoms with E-state index in [0.717, 1.165) is 5.65 Å². The predicted molar refractivity (Wildman–Crippen MR) is 90.4 cm³/mol. The Labute approximate surface area is 144 Å². The van der Waals surface area contributed by atoms with Gasteiger partial charge in [-0.15, -0.1) is 0 Å². The van der Waals surface area contributed by atoms with Gasteiger partial charge in [0.2, 0.25) is 5.91 Å². The molecule has 3 aromatic rings. The molecule has 2 aromatic heterocycles. The lowest BCUT2D eigenvalue weighted by Gasteiger charge is -2.24. The highest BCUT2D eigenvalue weighted by Crippen LogP contribution is 2.33. The molecule has 1 aliphatic rings. The minimum atomic E-state index is -0.599. The van der Waals surface area contributed by atoms with E-state index in [4.69, 9.17) is 0 Å². The zero-order valence-corrected chi connectivity index (χ0v) is 13.5. The van der Waals surface area contributed by atoms with Crippen LogP contribution >= 0.6 is 0 Å². The summed E-state index contributed by atoms with van der Waals surface area (Å²) in [4.78, 5) is 18.9. The first-order valence-electron chi connectivity index (χ1n) is 8.26. The van der Waals surface area contributed by atoms with Crippen LogP contribution in [0.15, 0.2) is 54.9 Å². The predicted octanol–water partition coefficient (Wildman–Crippen LogP) is 2.35. The van der Waals surface area contributed by atoms with Crippen LogP contribution in [0.4, 0.5) is 4.39 Å². The lowest BCUT2D eigenvalue weighted by molar-refractivity contribution is -0.131. The van der Waals surface area contributed by atoms with Crippen molar-refractivity contribution in [2.75, 3.05) is 6.54 Å². The second-order valence-electron chi connectivity index (χ2n) is 6.38. The molecular weight excluding hydrogens is 321 g/mol. The third-order valence-electron chi connectivity index (χ3n) is 4.58. The summed E-state index contributed by atoms with van der Waals surface area (Å²) in [5, 5.41) is 10.0. The number of carbonyl (C=O) groups is 1. The Hall–Kier alpha value is -2.73. The van der Waals surface area contributed by atoms with Crippen LogP contribution in [0.5, 0.6) is 0 Å². The number of likely N-dealkylation sites (tertiary alicyclic amines) is 1. The molecule has 1 aromatic carbocycles. The van der Waals surface area contributed by atoms with Crippen molar-refractivity contribution in [3.05, 3.63) is 71.9 Å². The van der Waals surface area contributed by atoms with Crippen molar-refractivity contribution in [2.24, 2.45) is 0 Å². The van der Waals surface area contributed by atoms with E-state index in [9.17, 15) is 14.3 Å². The molecule has 3 heterocycles. The highest BCUT2D eigenvalue weighted by atomic mass is 19.1. The molecule has 2 atom stereocenters. The molecule has 5 nitrogen and oxygen atoms in total. The molecule has 0 unspecified atom stereocenters.